The Hall–Kier alpha value is -4.38. The third-order valence-corrected chi connectivity index (χ3v) is 7.70. The minimum Gasteiger partial charge on any atom is -0.329 e. The van der Waals surface area contributed by atoms with E-state index < -0.39 is 5.41 Å². The van der Waals surface area contributed by atoms with Gasteiger partial charge in [0.2, 0.25) is 0 Å². The van der Waals surface area contributed by atoms with Crippen LogP contribution in [0.15, 0.2) is 109 Å². The average Bonchev–Trinajstić information content (AvgIpc) is 3.13. The first-order chi connectivity index (χ1) is 17.7. The van der Waals surface area contributed by atoms with Crippen molar-refractivity contribution in [2.24, 2.45) is 0 Å². The van der Waals surface area contributed by atoms with Gasteiger partial charge in [0.25, 0.3) is 5.69 Å². The molecule has 1 unspecified atom stereocenters. The Labute approximate surface area is 218 Å². The van der Waals surface area contributed by atoms with Crippen LogP contribution in [0.25, 0.3) is 10.8 Å². The van der Waals surface area contributed by atoms with Crippen molar-refractivity contribution in [1.82, 2.24) is 0 Å². The Morgan fingerprint density at radius 1 is 0.919 bits per heavy atom. The van der Waals surface area contributed by atoms with E-state index in [1.807, 2.05) is 12.1 Å². The molecule has 0 N–H and O–H groups in total. The van der Waals surface area contributed by atoms with E-state index in [-0.39, 0.29) is 10.6 Å². The summed E-state index contributed by atoms with van der Waals surface area (Å²) in [6, 6.07) is 28.0. The summed E-state index contributed by atoms with van der Waals surface area (Å²) in [5, 5.41) is 13.6. The predicted octanol–water partition coefficient (Wildman–Crippen LogP) is 7.54. The number of non-ortho nitro benzene ring substituents is 1. The molecule has 0 saturated carbocycles. The highest BCUT2D eigenvalue weighted by Crippen LogP contribution is 2.44. The lowest BCUT2D eigenvalue weighted by molar-refractivity contribution is -0.384. The molecule has 0 aliphatic carbocycles. The molecule has 4 aromatic carbocycles. The third kappa shape index (κ3) is 4.16. The molecule has 5 heteroatoms. The first kappa shape index (κ1) is 24.3. The molecule has 1 aliphatic heterocycles. The van der Waals surface area contributed by atoms with Crippen LogP contribution in [0.2, 0.25) is 0 Å². The summed E-state index contributed by atoms with van der Waals surface area (Å²) in [5.41, 5.74) is 6.36. The topological polar surface area (TPSA) is 49.6 Å². The van der Waals surface area contributed by atoms with Gasteiger partial charge in [0.05, 0.1) is 16.3 Å². The fourth-order valence-electron chi connectivity index (χ4n) is 5.63. The maximum Gasteiger partial charge on any atom is 0.269 e. The van der Waals surface area contributed by atoms with E-state index in [2.05, 4.69) is 111 Å². The number of aryl methyl sites for hydroxylation is 1. The van der Waals surface area contributed by atoms with Gasteiger partial charge < -0.3 is 9.80 Å². The molecule has 1 aliphatic rings. The van der Waals surface area contributed by atoms with E-state index in [9.17, 15) is 10.1 Å². The summed E-state index contributed by atoms with van der Waals surface area (Å²) in [6.45, 7) is 9.04. The van der Waals surface area contributed by atoms with Gasteiger partial charge >= 0.3 is 0 Å². The Morgan fingerprint density at radius 3 is 2.14 bits per heavy atom. The number of benzene rings is 4. The fourth-order valence-corrected chi connectivity index (χ4v) is 5.63. The van der Waals surface area contributed by atoms with E-state index in [0.29, 0.717) is 6.42 Å². The van der Waals surface area contributed by atoms with Crippen molar-refractivity contribution in [3.8, 4) is 0 Å². The number of allylic oxidation sites excluding steroid dienone is 2. The van der Waals surface area contributed by atoms with Gasteiger partial charge in [-0.1, -0.05) is 74.2 Å². The third-order valence-electron chi connectivity index (χ3n) is 7.70. The molecule has 4 aromatic rings. The van der Waals surface area contributed by atoms with Crippen molar-refractivity contribution in [2.45, 2.75) is 25.7 Å². The van der Waals surface area contributed by atoms with Gasteiger partial charge in [-0.3, -0.25) is 10.1 Å². The van der Waals surface area contributed by atoms with Crippen molar-refractivity contribution < 1.29 is 4.92 Å². The van der Waals surface area contributed by atoms with Crippen molar-refractivity contribution >= 4 is 27.8 Å². The molecule has 186 valence electrons. The molecule has 1 atom stereocenters. The molecule has 0 bridgehead atoms. The summed E-state index contributed by atoms with van der Waals surface area (Å²) >= 11 is 0. The zero-order valence-electron chi connectivity index (χ0n) is 21.7. The fraction of sp³-hybridized carbons (Fsp3) is 0.188. The number of nitro groups is 1. The molecular weight excluding hydrogens is 458 g/mol. The lowest BCUT2D eigenvalue weighted by atomic mass is 9.69. The van der Waals surface area contributed by atoms with Crippen LogP contribution < -0.4 is 9.80 Å². The molecule has 5 rings (SSSR count). The second-order valence-electron chi connectivity index (χ2n) is 10.0. The minimum atomic E-state index is -0.468. The van der Waals surface area contributed by atoms with E-state index in [4.69, 9.17) is 0 Å². The summed E-state index contributed by atoms with van der Waals surface area (Å²) in [7, 11) is 4.16. The van der Waals surface area contributed by atoms with Crippen LogP contribution in [0, 0.1) is 17.0 Å². The first-order valence-electron chi connectivity index (χ1n) is 12.4. The smallest absolute Gasteiger partial charge is 0.269 e. The molecule has 0 spiro atoms. The Balaban J connectivity index is 1.65. The molecule has 5 nitrogen and oxygen atoms in total. The largest absolute Gasteiger partial charge is 0.329 e. The summed E-state index contributed by atoms with van der Waals surface area (Å²) < 4.78 is 0. The number of nitrogens with zero attached hydrogens (tertiary/aromatic N) is 3. The van der Waals surface area contributed by atoms with Gasteiger partial charge in [-0.2, -0.15) is 0 Å². The first-order valence-corrected chi connectivity index (χ1v) is 12.4. The van der Waals surface area contributed by atoms with E-state index in [1.165, 1.54) is 21.9 Å². The van der Waals surface area contributed by atoms with Gasteiger partial charge in [0.15, 0.2) is 0 Å². The van der Waals surface area contributed by atoms with Crippen LogP contribution >= 0.6 is 0 Å². The van der Waals surface area contributed by atoms with Gasteiger partial charge in [-0.25, -0.2) is 0 Å². The highest BCUT2D eigenvalue weighted by Gasteiger charge is 2.35. The summed E-state index contributed by atoms with van der Waals surface area (Å²) in [6.07, 6.45) is 2.84. The van der Waals surface area contributed by atoms with Crippen molar-refractivity contribution in [3.05, 3.63) is 136 Å². The van der Waals surface area contributed by atoms with Crippen molar-refractivity contribution in [2.75, 3.05) is 23.9 Å². The molecular formula is C32H31N3O2. The second-order valence-corrected chi connectivity index (χ2v) is 10.0. The standard InChI is InChI=1S/C32H31N3O2/c1-22-14-17-25-10-6-7-11-27(25)31(22)32(3,21-24-15-18-26(19-16-24)35(36)37)23(2)20-30-33(4)28-12-8-9-13-29(28)34(30)5/h6-20H,2,21H2,1,3-5H3. The number of hydrogen-bond acceptors (Lipinski definition) is 4. The average molecular weight is 490 g/mol. The van der Waals surface area contributed by atoms with Crippen molar-refractivity contribution in [1.29, 1.82) is 0 Å². The quantitative estimate of drug-likeness (QED) is 0.207. The van der Waals surface area contributed by atoms with E-state index >= 15 is 0 Å². The zero-order chi connectivity index (χ0) is 26.3. The van der Waals surface area contributed by atoms with Crippen LogP contribution in [0.3, 0.4) is 0 Å². The van der Waals surface area contributed by atoms with E-state index in [0.717, 1.165) is 28.3 Å². The Bertz CT molecular complexity index is 1520. The van der Waals surface area contributed by atoms with Gasteiger partial charge in [-0.15, -0.1) is 0 Å². The lowest BCUT2D eigenvalue weighted by Gasteiger charge is -2.35. The number of anilines is 2. The molecule has 37 heavy (non-hydrogen) atoms. The number of rotatable bonds is 6. The highest BCUT2D eigenvalue weighted by molar-refractivity contribution is 5.89. The molecule has 0 saturated heterocycles. The van der Waals surface area contributed by atoms with Gasteiger partial charge in [-0.05, 0) is 64.6 Å². The second kappa shape index (κ2) is 9.25. The maximum atomic E-state index is 11.2. The zero-order valence-corrected chi connectivity index (χ0v) is 21.7. The maximum absolute atomic E-state index is 11.2. The number of fused-ring (bicyclic) bond motifs is 2. The SMILES string of the molecule is C=C(C=C1N(C)c2ccccc2N1C)C(C)(Cc1ccc([N+](=O)[O-])cc1)c1c(C)ccc2ccccc12. The summed E-state index contributed by atoms with van der Waals surface area (Å²) in [5.74, 6) is 1.05. The molecule has 0 radical (unpaired) electrons. The Kier molecular flexibility index (Phi) is 6.08. The van der Waals surface area contributed by atoms with Crippen LogP contribution in [-0.4, -0.2) is 19.0 Å². The summed E-state index contributed by atoms with van der Waals surface area (Å²) in [4.78, 5) is 15.3. The Morgan fingerprint density at radius 2 is 1.51 bits per heavy atom. The molecule has 0 aromatic heterocycles. The number of para-hydroxylation sites is 2. The molecule has 1 heterocycles. The predicted molar refractivity (Wildman–Crippen MR) is 153 cm³/mol. The number of nitro benzene ring substituents is 1. The monoisotopic (exact) mass is 489 g/mol. The van der Waals surface area contributed by atoms with Crippen LogP contribution in [0.5, 0.6) is 0 Å². The van der Waals surface area contributed by atoms with Crippen LogP contribution in [-0.2, 0) is 11.8 Å². The highest BCUT2D eigenvalue weighted by atomic mass is 16.6. The minimum absolute atomic E-state index is 0.0970. The lowest BCUT2D eigenvalue weighted by Crippen LogP contribution is -2.30. The normalized spacial score (nSPS) is 14.4. The number of hydrogen-bond donors (Lipinski definition) is 0. The van der Waals surface area contributed by atoms with E-state index in [1.54, 1.807) is 12.1 Å². The van der Waals surface area contributed by atoms with Crippen molar-refractivity contribution in [3.63, 3.8) is 0 Å². The van der Waals surface area contributed by atoms with Gasteiger partial charge in [0, 0.05) is 31.6 Å². The van der Waals surface area contributed by atoms with Gasteiger partial charge in [0.1, 0.15) is 5.82 Å². The van der Waals surface area contributed by atoms with Crippen LogP contribution in [0.1, 0.15) is 23.6 Å². The molecule has 0 fully saturated rings. The van der Waals surface area contributed by atoms with Crippen LogP contribution in [0.4, 0.5) is 17.1 Å². The molecule has 0 amide bonds.